The molecule has 1 aliphatic heterocycles. The van der Waals surface area contributed by atoms with Crippen molar-refractivity contribution in [1.29, 1.82) is 0 Å². The lowest BCUT2D eigenvalue weighted by Gasteiger charge is -2.14. The van der Waals surface area contributed by atoms with Gasteiger partial charge in [0.05, 0.1) is 13.5 Å². The standard InChI is InChI=1S/C11H16N2O2/c1-13-9(6-11(14)15-2)5-8-7-12-4-3-10(8)13/h5,12H,3-4,6-7H2,1-2H3. The molecule has 2 heterocycles. The normalized spacial score (nSPS) is 14.8. The average Bonchev–Trinajstić information content (AvgIpc) is 2.57. The van der Waals surface area contributed by atoms with Crippen LogP contribution in [0, 0.1) is 0 Å². The molecule has 0 saturated carbocycles. The molecule has 1 aliphatic rings. The molecular weight excluding hydrogens is 192 g/mol. The first-order valence-electron chi connectivity index (χ1n) is 5.16. The number of carbonyl (C=O) groups is 1. The molecule has 4 nitrogen and oxygen atoms in total. The van der Waals surface area contributed by atoms with E-state index < -0.39 is 0 Å². The van der Waals surface area contributed by atoms with E-state index in [1.807, 2.05) is 7.05 Å². The van der Waals surface area contributed by atoms with Gasteiger partial charge in [-0.2, -0.15) is 0 Å². The fraction of sp³-hybridized carbons (Fsp3) is 0.545. The lowest BCUT2D eigenvalue weighted by molar-refractivity contribution is -0.139. The van der Waals surface area contributed by atoms with Crippen LogP contribution in [0.1, 0.15) is 17.0 Å². The summed E-state index contributed by atoms with van der Waals surface area (Å²) in [5.74, 6) is -0.180. The number of hydrogen-bond acceptors (Lipinski definition) is 3. The van der Waals surface area contributed by atoms with Gasteiger partial charge >= 0.3 is 5.97 Å². The van der Waals surface area contributed by atoms with Gasteiger partial charge in [0.1, 0.15) is 0 Å². The Hall–Kier alpha value is -1.29. The summed E-state index contributed by atoms with van der Waals surface area (Å²) < 4.78 is 6.79. The minimum atomic E-state index is -0.180. The summed E-state index contributed by atoms with van der Waals surface area (Å²) in [5.41, 5.74) is 3.69. The first-order valence-corrected chi connectivity index (χ1v) is 5.16. The van der Waals surface area contributed by atoms with Crippen molar-refractivity contribution < 1.29 is 9.53 Å². The van der Waals surface area contributed by atoms with Crippen molar-refractivity contribution >= 4 is 5.97 Å². The molecule has 82 valence electrons. The van der Waals surface area contributed by atoms with Crippen LogP contribution in [0.2, 0.25) is 0 Å². The van der Waals surface area contributed by atoms with Gasteiger partial charge in [0.2, 0.25) is 0 Å². The van der Waals surface area contributed by atoms with E-state index in [4.69, 9.17) is 0 Å². The van der Waals surface area contributed by atoms with E-state index in [1.165, 1.54) is 18.4 Å². The fourth-order valence-electron chi connectivity index (χ4n) is 2.07. The van der Waals surface area contributed by atoms with Gasteiger partial charge in [0.25, 0.3) is 0 Å². The van der Waals surface area contributed by atoms with Gasteiger partial charge in [-0.1, -0.05) is 0 Å². The van der Waals surface area contributed by atoms with E-state index in [0.29, 0.717) is 6.42 Å². The molecule has 1 N–H and O–H groups in total. The minimum absolute atomic E-state index is 0.180. The third-order valence-corrected chi connectivity index (χ3v) is 2.95. The summed E-state index contributed by atoms with van der Waals surface area (Å²) in [4.78, 5) is 11.2. The van der Waals surface area contributed by atoms with Crippen molar-refractivity contribution in [3.63, 3.8) is 0 Å². The number of fused-ring (bicyclic) bond motifs is 1. The second kappa shape index (κ2) is 4.06. The van der Waals surface area contributed by atoms with Gasteiger partial charge in [0, 0.05) is 37.9 Å². The van der Waals surface area contributed by atoms with Crippen molar-refractivity contribution in [2.24, 2.45) is 7.05 Å². The van der Waals surface area contributed by atoms with E-state index in [1.54, 1.807) is 0 Å². The van der Waals surface area contributed by atoms with Crippen LogP contribution >= 0.6 is 0 Å². The van der Waals surface area contributed by atoms with E-state index >= 15 is 0 Å². The van der Waals surface area contributed by atoms with E-state index in [9.17, 15) is 4.79 Å². The van der Waals surface area contributed by atoms with Gasteiger partial charge in [-0.3, -0.25) is 4.79 Å². The number of rotatable bonds is 2. The maximum absolute atomic E-state index is 11.2. The van der Waals surface area contributed by atoms with Crippen molar-refractivity contribution in [2.75, 3.05) is 13.7 Å². The maximum atomic E-state index is 11.2. The molecule has 2 rings (SSSR count). The summed E-state index contributed by atoms with van der Waals surface area (Å²) >= 11 is 0. The summed E-state index contributed by atoms with van der Waals surface area (Å²) in [5, 5.41) is 3.32. The average molecular weight is 208 g/mol. The molecule has 0 spiro atoms. The highest BCUT2D eigenvalue weighted by atomic mass is 16.5. The highest BCUT2D eigenvalue weighted by Crippen LogP contribution is 2.18. The van der Waals surface area contributed by atoms with Crippen LogP contribution < -0.4 is 5.32 Å². The molecule has 0 amide bonds. The molecule has 0 unspecified atom stereocenters. The SMILES string of the molecule is COC(=O)Cc1cc2c(n1C)CCNC2. The van der Waals surface area contributed by atoms with Crippen molar-refractivity contribution in [3.05, 3.63) is 23.0 Å². The number of hydrogen-bond donors (Lipinski definition) is 1. The minimum Gasteiger partial charge on any atom is -0.469 e. The lowest BCUT2D eigenvalue weighted by atomic mass is 10.1. The largest absolute Gasteiger partial charge is 0.469 e. The Kier molecular flexibility index (Phi) is 2.77. The molecule has 15 heavy (non-hydrogen) atoms. The summed E-state index contributed by atoms with van der Waals surface area (Å²) in [6, 6.07) is 2.10. The molecule has 0 bridgehead atoms. The topological polar surface area (TPSA) is 43.3 Å². The maximum Gasteiger partial charge on any atom is 0.311 e. The number of ether oxygens (including phenoxy) is 1. The molecule has 0 radical (unpaired) electrons. The molecule has 1 aromatic heterocycles. The number of esters is 1. The quantitative estimate of drug-likeness (QED) is 0.715. The monoisotopic (exact) mass is 208 g/mol. The lowest BCUT2D eigenvalue weighted by Crippen LogP contribution is -2.24. The number of carbonyl (C=O) groups excluding carboxylic acids is 1. The number of nitrogens with one attached hydrogen (secondary N) is 1. The second-order valence-electron chi connectivity index (χ2n) is 3.85. The van der Waals surface area contributed by atoms with Crippen molar-refractivity contribution in [2.45, 2.75) is 19.4 Å². The molecule has 0 saturated heterocycles. The van der Waals surface area contributed by atoms with Gasteiger partial charge in [-0.05, 0) is 11.6 Å². The summed E-state index contributed by atoms with van der Waals surface area (Å²) in [7, 11) is 3.44. The fourth-order valence-corrected chi connectivity index (χ4v) is 2.07. The van der Waals surface area contributed by atoms with Gasteiger partial charge in [-0.15, -0.1) is 0 Å². The van der Waals surface area contributed by atoms with Crippen LogP contribution in [0.5, 0.6) is 0 Å². The zero-order valence-corrected chi connectivity index (χ0v) is 9.17. The molecule has 0 fully saturated rings. The number of nitrogens with zero attached hydrogens (tertiary/aromatic N) is 1. The Labute approximate surface area is 89.2 Å². The summed E-state index contributed by atoms with van der Waals surface area (Å²) in [6.07, 6.45) is 1.40. The predicted molar refractivity (Wildman–Crippen MR) is 56.5 cm³/mol. The van der Waals surface area contributed by atoms with E-state index in [2.05, 4.69) is 20.7 Å². The molecule has 0 aromatic carbocycles. The van der Waals surface area contributed by atoms with Crippen molar-refractivity contribution in [1.82, 2.24) is 9.88 Å². The zero-order valence-electron chi connectivity index (χ0n) is 9.17. The van der Waals surface area contributed by atoms with Crippen LogP contribution in [-0.2, 0) is 36.0 Å². The molecule has 0 aliphatic carbocycles. The smallest absolute Gasteiger partial charge is 0.311 e. The highest BCUT2D eigenvalue weighted by Gasteiger charge is 2.17. The zero-order chi connectivity index (χ0) is 10.8. The van der Waals surface area contributed by atoms with Gasteiger partial charge in [-0.25, -0.2) is 0 Å². The first kappa shape index (κ1) is 10.2. The molecular formula is C11H16N2O2. The number of aromatic nitrogens is 1. The van der Waals surface area contributed by atoms with Crippen LogP contribution in [-0.4, -0.2) is 24.2 Å². The van der Waals surface area contributed by atoms with E-state index in [-0.39, 0.29) is 5.97 Å². The van der Waals surface area contributed by atoms with Gasteiger partial charge < -0.3 is 14.6 Å². The predicted octanol–water partition coefficient (Wildman–Crippen LogP) is 0.386. The van der Waals surface area contributed by atoms with Crippen LogP contribution in [0.4, 0.5) is 0 Å². The van der Waals surface area contributed by atoms with Gasteiger partial charge in [0.15, 0.2) is 0 Å². The highest BCUT2D eigenvalue weighted by molar-refractivity contribution is 5.72. The van der Waals surface area contributed by atoms with E-state index in [0.717, 1.165) is 25.2 Å². The Bertz CT molecular complexity index is 382. The van der Waals surface area contributed by atoms with Crippen LogP contribution in [0.3, 0.4) is 0 Å². The van der Waals surface area contributed by atoms with Crippen LogP contribution in [0.25, 0.3) is 0 Å². The Balaban J connectivity index is 2.25. The third-order valence-electron chi connectivity index (χ3n) is 2.95. The molecule has 4 heteroatoms. The Morgan fingerprint density at radius 2 is 2.47 bits per heavy atom. The molecule has 0 atom stereocenters. The number of methoxy groups -OCH3 is 1. The second-order valence-corrected chi connectivity index (χ2v) is 3.85. The Morgan fingerprint density at radius 1 is 1.67 bits per heavy atom. The Morgan fingerprint density at radius 3 is 3.13 bits per heavy atom. The van der Waals surface area contributed by atoms with Crippen LogP contribution in [0.15, 0.2) is 6.07 Å². The van der Waals surface area contributed by atoms with Crippen molar-refractivity contribution in [3.8, 4) is 0 Å². The molecule has 1 aromatic rings. The summed E-state index contributed by atoms with van der Waals surface area (Å²) in [6.45, 7) is 1.92. The third kappa shape index (κ3) is 1.90. The first-order chi connectivity index (χ1) is 7.22.